The monoisotopic (exact) mass is 212 g/mol. The molecule has 1 aliphatic rings. The Bertz CT molecular complexity index is 307. The molecule has 3 unspecified atom stereocenters. The molecule has 1 saturated carbocycles. The molecule has 76 valence electrons. The first-order chi connectivity index (χ1) is 6.66. The van der Waals surface area contributed by atoms with Crippen LogP contribution in [-0.4, -0.2) is 5.38 Å². The van der Waals surface area contributed by atoms with E-state index in [0.717, 1.165) is 17.9 Å². The average molecular weight is 213 g/mol. The van der Waals surface area contributed by atoms with E-state index in [1.165, 1.54) is 18.6 Å². The molecular weight excluding hydrogens is 199 g/mol. The van der Waals surface area contributed by atoms with Crippen molar-refractivity contribution in [3.8, 4) is 0 Å². The molecule has 0 saturated heterocycles. The van der Waals surface area contributed by atoms with E-state index in [4.69, 9.17) is 11.6 Å². The Hall–Kier alpha value is -0.560. The van der Waals surface area contributed by atoms with Gasteiger partial charge >= 0.3 is 0 Å². The Morgan fingerprint density at radius 3 is 2.50 bits per heavy atom. The molecule has 1 aromatic rings. The van der Waals surface area contributed by atoms with Crippen LogP contribution in [0.2, 0.25) is 0 Å². The first kappa shape index (κ1) is 9.97. The van der Waals surface area contributed by atoms with Crippen molar-refractivity contribution in [3.05, 3.63) is 35.6 Å². The molecule has 0 heterocycles. The number of hydrogen-bond acceptors (Lipinski definition) is 0. The third-order valence-electron chi connectivity index (χ3n) is 2.98. The predicted octanol–water partition coefficient (Wildman–Crippen LogP) is 3.63. The molecule has 1 aliphatic carbocycles. The fourth-order valence-electron chi connectivity index (χ4n) is 1.85. The Balaban J connectivity index is 1.93. The predicted molar refractivity (Wildman–Crippen MR) is 57.0 cm³/mol. The molecule has 0 radical (unpaired) electrons. The second-order valence-corrected chi connectivity index (χ2v) is 4.78. The van der Waals surface area contributed by atoms with Crippen molar-refractivity contribution in [2.24, 2.45) is 11.8 Å². The number of alkyl halides is 1. The van der Waals surface area contributed by atoms with Crippen LogP contribution in [0.25, 0.3) is 0 Å². The molecule has 1 aromatic carbocycles. The lowest BCUT2D eigenvalue weighted by atomic mass is 10.1. The van der Waals surface area contributed by atoms with Crippen molar-refractivity contribution in [2.45, 2.75) is 25.1 Å². The summed E-state index contributed by atoms with van der Waals surface area (Å²) in [6.07, 6.45) is 2.10. The van der Waals surface area contributed by atoms with E-state index in [9.17, 15) is 4.39 Å². The minimum absolute atomic E-state index is 0.181. The zero-order valence-corrected chi connectivity index (χ0v) is 8.97. The van der Waals surface area contributed by atoms with E-state index in [2.05, 4.69) is 6.92 Å². The van der Waals surface area contributed by atoms with Crippen LogP contribution in [0.4, 0.5) is 4.39 Å². The number of hydrogen-bond donors (Lipinski definition) is 0. The van der Waals surface area contributed by atoms with Crippen LogP contribution in [0.1, 0.15) is 18.9 Å². The van der Waals surface area contributed by atoms with Gasteiger partial charge < -0.3 is 0 Å². The van der Waals surface area contributed by atoms with Gasteiger partial charge in [-0.05, 0) is 42.4 Å². The summed E-state index contributed by atoms with van der Waals surface area (Å²) in [5, 5.41) is 0.218. The fraction of sp³-hybridized carbons (Fsp3) is 0.500. The second kappa shape index (κ2) is 3.90. The highest BCUT2D eigenvalue weighted by molar-refractivity contribution is 6.21. The lowest BCUT2D eigenvalue weighted by molar-refractivity contribution is 0.625. The van der Waals surface area contributed by atoms with E-state index in [-0.39, 0.29) is 11.2 Å². The first-order valence-corrected chi connectivity index (χ1v) is 5.49. The zero-order chi connectivity index (χ0) is 10.1. The van der Waals surface area contributed by atoms with Crippen LogP contribution in [0.3, 0.4) is 0 Å². The molecule has 14 heavy (non-hydrogen) atoms. The topological polar surface area (TPSA) is 0 Å². The van der Waals surface area contributed by atoms with Crippen molar-refractivity contribution < 1.29 is 4.39 Å². The molecule has 3 atom stereocenters. The molecule has 0 spiro atoms. The summed E-state index contributed by atoms with van der Waals surface area (Å²) in [5.74, 6) is 1.26. The van der Waals surface area contributed by atoms with Gasteiger partial charge in [-0.1, -0.05) is 19.1 Å². The highest BCUT2D eigenvalue weighted by Crippen LogP contribution is 2.43. The first-order valence-electron chi connectivity index (χ1n) is 5.05. The Morgan fingerprint density at radius 1 is 1.43 bits per heavy atom. The number of benzene rings is 1. The van der Waals surface area contributed by atoms with Gasteiger partial charge in [-0.15, -0.1) is 11.6 Å². The zero-order valence-electron chi connectivity index (χ0n) is 8.21. The highest BCUT2D eigenvalue weighted by Gasteiger charge is 2.38. The van der Waals surface area contributed by atoms with Crippen LogP contribution in [0, 0.1) is 17.7 Å². The van der Waals surface area contributed by atoms with E-state index >= 15 is 0 Å². The molecule has 1 fully saturated rings. The van der Waals surface area contributed by atoms with Gasteiger partial charge in [-0.2, -0.15) is 0 Å². The third-order valence-corrected chi connectivity index (χ3v) is 3.46. The average Bonchev–Trinajstić information content (AvgIpc) is 2.87. The maximum Gasteiger partial charge on any atom is 0.123 e. The van der Waals surface area contributed by atoms with Gasteiger partial charge in [0.15, 0.2) is 0 Å². The standard InChI is InChI=1S/C12H14ClF/c1-8-6-11(8)12(13)7-9-2-4-10(14)5-3-9/h2-5,8,11-12H,6-7H2,1H3. The second-order valence-electron chi connectivity index (χ2n) is 4.22. The molecular formula is C12H14ClF. The Kier molecular flexibility index (Phi) is 2.78. The molecule has 2 rings (SSSR count). The van der Waals surface area contributed by atoms with Crippen molar-refractivity contribution in [1.82, 2.24) is 0 Å². The minimum Gasteiger partial charge on any atom is -0.207 e. The summed E-state index contributed by atoms with van der Waals surface area (Å²) in [6, 6.07) is 6.63. The fourth-order valence-corrected chi connectivity index (χ4v) is 2.38. The normalized spacial score (nSPS) is 27.4. The minimum atomic E-state index is -0.181. The lowest BCUT2D eigenvalue weighted by Crippen LogP contribution is -2.06. The van der Waals surface area contributed by atoms with Gasteiger partial charge in [0.1, 0.15) is 5.82 Å². The van der Waals surface area contributed by atoms with Gasteiger partial charge in [0.05, 0.1) is 0 Å². The highest BCUT2D eigenvalue weighted by atomic mass is 35.5. The summed E-state index contributed by atoms with van der Waals surface area (Å²) < 4.78 is 12.6. The van der Waals surface area contributed by atoms with Crippen molar-refractivity contribution >= 4 is 11.6 Å². The van der Waals surface area contributed by atoms with E-state index < -0.39 is 0 Å². The summed E-state index contributed by atoms with van der Waals surface area (Å²) in [7, 11) is 0. The largest absolute Gasteiger partial charge is 0.207 e. The lowest BCUT2D eigenvalue weighted by Gasteiger charge is -2.08. The molecule has 0 amide bonds. The Morgan fingerprint density at radius 2 is 2.00 bits per heavy atom. The quantitative estimate of drug-likeness (QED) is 0.672. The van der Waals surface area contributed by atoms with Gasteiger partial charge in [0, 0.05) is 5.38 Å². The summed E-state index contributed by atoms with van der Waals surface area (Å²) in [6.45, 7) is 2.23. The molecule has 0 nitrogen and oxygen atoms in total. The van der Waals surface area contributed by atoms with Gasteiger partial charge in [0.25, 0.3) is 0 Å². The van der Waals surface area contributed by atoms with E-state index in [1.54, 1.807) is 0 Å². The van der Waals surface area contributed by atoms with E-state index in [0.29, 0.717) is 5.92 Å². The van der Waals surface area contributed by atoms with Crippen molar-refractivity contribution in [3.63, 3.8) is 0 Å². The van der Waals surface area contributed by atoms with Crippen molar-refractivity contribution in [1.29, 1.82) is 0 Å². The number of rotatable bonds is 3. The maximum absolute atomic E-state index is 12.6. The van der Waals surface area contributed by atoms with Gasteiger partial charge in [-0.25, -0.2) is 4.39 Å². The van der Waals surface area contributed by atoms with Gasteiger partial charge in [-0.3, -0.25) is 0 Å². The molecule has 0 bridgehead atoms. The van der Waals surface area contributed by atoms with Crippen LogP contribution >= 0.6 is 11.6 Å². The van der Waals surface area contributed by atoms with Gasteiger partial charge in [0.2, 0.25) is 0 Å². The van der Waals surface area contributed by atoms with E-state index in [1.807, 2.05) is 12.1 Å². The van der Waals surface area contributed by atoms with Crippen LogP contribution in [-0.2, 0) is 6.42 Å². The maximum atomic E-state index is 12.6. The summed E-state index contributed by atoms with van der Waals surface area (Å²) in [4.78, 5) is 0. The molecule has 0 aromatic heterocycles. The summed E-state index contributed by atoms with van der Waals surface area (Å²) >= 11 is 6.25. The third kappa shape index (κ3) is 2.27. The SMILES string of the molecule is CC1CC1C(Cl)Cc1ccc(F)cc1. The van der Waals surface area contributed by atoms with Crippen LogP contribution in [0.5, 0.6) is 0 Å². The molecule has 0 aliphatic heterocycles. The van der Waals surface area contributed by atoms with Crippen LogP contribution in [0.15, 0.2) is 24.3 Å². The molecule has 2 heteroatoms. The molecule has 0 N–H and O–H groups in total. The van der Waals surface area contributed by atoms with Crippen LogP contribution < -0.4 is 0 Å². The smallest absolute Gasteiger partial charge is 0.123 e. The van der Waals surface area contributed by atoms with Crippen molar-refractivity contribution in [2.75, 3.05) is 0 Å². The summed E-state index contributed by atoms with van der Waals surface area (Å²) in [5.41, 5.74) is 1.13. The number of halogens is 2. The Labute approximate surface area is 89.1 Å².